The number of piperidine rings is 5. The van der Waals surface area contributed by atoms with Crippen molar-refractivity contribution in [1.29, 1.82) is 0 Å². The fraction of sp³-hybridized carbons (Fsp3) is 0.747. The Kier molecular flexibility index (Phi) is 36.5. The maximum absolute atomic E-state index is 6.39. The van der Waals surface area contributed by atoms with Crippen LogP contribution in [0.3, 0.4) is 0 Å². The predicted octanol–water partition coefficient (Wildman–Crippen LogP) is 9.69. The first-order valence-corrected chi connectivity index (χ1v) is 38.3. The first-order chi connectivity index (χ1) is 46.5. The zero-order valence-electron chi connectivity index (χ0n) is 65.4. The molecule has 3 aliphatic carbocycles. The van der Waals surface area contributed by atoms with Crippen molar-refractivity contribution in [3.8, 4) is 0 Å². The van der Waals surface area contributed by atoms with Crippen molar-refractivity contribution in [2.24, 2.45) is 64.0 Å². The van der Waals surface area contributed by atoms with Crippen LogP contribution in [-0.2, 0) is 52.9 Å². The average molecular weight is 1370 g/mol. The van der Waals surface area contributed by atoms with Gasteiger partial charge in [-0.1, -0.05) is 124 Å². The summed E-state index contributed by atoms with van der Waals surface area (Å²) in [5.74, 6) is 4.17. The third kappa shape index (κ3) is 23.5. The second kappa shape index (κ2) is 41.6. The van der Waals surface area contributed by atoms with Gasteiger partial charge in [0.1, 0.15) is 0 Å². The van der Waals surface area contributed by atoms with E-state index >= 15 is 0 Å². The highest BCUT2D eigenvalue weighted by Crippen LogP contribution is 2.48. The van der Waals surface area contributed by atoms with Crippen LogP contribution < -0.4 is 61.0 Å². The third-order valence-corrected chi connectivity index (χ3v) is 20.1. The zero-order valence-corrected chi connectivity index (χ0v) is 65.4. The molecule has 15 rings (SSSR count). The molecule has 1 unspecified atom stereocenters. The molecule has 20 heteroatoms. The van der Waals surface area contributed by atoms with Crippen LogP contribution in [0.25, 0.3) is 0 Å². The second-order valence-electron chi connectivity index (χ2n) is 33.2. The molecule has 10 aliphatic rings. The Morgan fingerprint density at radius 2 is 0.818 bits per heavy atom. The number of nitrogens with two attached hydrogens (primary N) is 6. The highest BCUT2D eigenvalue weighted by Gasteiger charge is 2.52. The highest BCUT2D eigenvalue weighted by molar-refractivity contribution is 5.75. The smallest absolute Gasteiger partial charge is 0.0697 e. The maximum Gasteiger partial charge on any atom is 0.0697 e. The summed E-state index contributed by atoms with van der Waals surface area (Å²) in [6.45, 7) is 50.3. The Labute approximate surface area is 603 Å². The monoisotopic (exact) mass is 1370 g/mol. The molecule has 12 heterocycles. The summed E-state index contributed by atoms with van der Waals surface area (Å²) in [5.41, 5.74) is 48.1. The molecule has 0 saturated carbocycles. The number of nitrogens with zero attached hydrogens (tertiary/aromatic N) is 8. The lowest BCUT2D eigenvalue weighted by Gasteiger charge is -2.38. The molecule has 5 saturated heterocycles. The predicted molar refractivity (Wildman–Crippen MR) is 417 cm³/mol. The van der Waals surface area contributed by atoms with Crippen LogP contribution in [0.5, 0.6) is 0 Å². The molecule has 99 heavy (non-hydrogen) atoms. The molecule has 0 amide bonds. The van der Waals surface area contributed by atoms with Crippen LogP contribution in [0.1, 0.15) is 240 Å². The molecule has 6 atom stereocenters. The normalized spacial score (nSPS) is 24.1. The van der Waals surface area contributed by atoms with Gasteiger partial charge in [0.05, 0.1) is 29.8 Å². The number of hydrogen-bond donors (Lipinski definition) is 11. The SMILES string of the molecule is CC(C)C.CC(C)C.CC(C)C.CC(C)C.CC(C)C.CC(C)N.CC1[C@@H](N)C2(CCNCC2)c2ccnn21.N[C@@H]1Cc2cnncc2C12CCNCC2.N[C@@H]1Cc2ncccc2C12CCNCC2.N[C@@H]1Cc2nccnc2C12CCNCC2.N[C@@H]1Cn2cccc2C12CCNCC2.[B]. The quantitative estimate of drug-likeness (QED) is 0.0643. The number of rotatable bonds is 0. The molecule has 5 aromatic rings. The summed E-state index contributed by atoms with van der Waals surface area (Å²) in [4.78, 5) is 13.4. The fourth-order valence-electron chi connectivity index (χ4n) is 15.6. The van der Waals surface area contributed by atoms with Gasteiger partial charge in [0.25, 0.3) is 0 Å². The third-order valence-electron chi connectivity index (χ3n) is 20.1. The molecule has 5 spiro atoms. The van der Waals surface area contributed by atoms with Gasteiger partial charge in [0, 0.05) is 133 Å². The van der Waals surface area contributed by atoms with Crippen LogP contribution in [0, 0.1) is 29.6 Å². The first kappa shape index (κ1) is 86.8. The van der Waals surface area contributed by atoms with E-state index in [1.165, 1.54) is 52.3 Å². The van der Waals surface area contributed by atoms with Crippen molar-refractivity contribution in [2.75, 3.05) is 65.4 Å². The minimum Gasteiger partial charge on any atom is -0.349 e. The van der Waals surface area contributed by atoms with Crippen molar-refractivity contribution < 1.29 is 0 Å². The van der Waals surface area contributed by atoms with Gasteiger partial charge in [-0.3, -0.25) is 19.6 Å². The Morgan fingerprint density at radius 1 is 0.424 bits per heavy atom. The van der Waals surface area contributed by atoms with Crippen molar-refractivity contribution in [2.45, 2.75) is 284 Å². The van der Waals surface area contributed by atoms with E-state index in [1.54, 1.807) is 12.4 Å². The fourth-order valence-corrected chi connectivity index (χ4v) is 15.6. The average Bonchev–Trinajstić information content (AvgIpc) is 1.62. The van der Waals surface area contributed by atoms with Crippen molar-refractivity contribution in [3.05, 3.63) is 119 Å². The Morgan fingerprint density at radius 3 is 1.31 bits per heavy atom. The molecule has 0 bridgehead atoms. The molecule has 17 N–H and O–H groups in total. The molecule has 7 aliphatic heterocycles. The largest absolute Gasteiger partial charge is 0.349 e. The topological polar surface area (TPSA) is 303 Å². The van der Waals surface area contributed by atoms with E-state index in [9.17, 15) is 0 Å². The maximum atomic E-state index is 6.39. The van der Waals surface area contributed by atoms with Crippen molar-refractivity contribution in [1.82, 2.24) is 66.1 Å². The van der Waals surface area contributed by atoms with Crippen LogP contribution in [0.15, 0.2) is 73.7 Å². The van der Waals surface area contributed by atoms with Gasteiger partial charge < -0.3 is 65.6 Å². The number of hydrogen-bond acceptors (Lipinski definition) is 17. The summed E-state index contributed by atoms with van der Waals surface area (Å²) in [6, 6.07) is 12.7. The lowest BCUT2D eigenvalue weighted by molar-refractivity contribution is 0.256. The van der Waals surface area contributed by atoms with Crippen LogP contribution in [0.2, 0.25) is 0 Å². The summed E-state index contributed by atoms with van der Waals surface area (Å²) in [5, 5.41) is 29.4. The molecule has 3 radical (unpaired) electrons. The van der Waals surface area contributed by atoms with E-state index in [0.29, 0.717) is 18.1 Å². The summed E-state index contributed by atoms with van der Waals surface area (Å²) < 4.78 is 4.45. The van der Waals surface area contributed by atoms with Crippen LogP contribution in [0.4, 0.5) is 0 Å². The van der Waals surface area contributed by atoms with Gasteiger partial charge in [0.15, 0.2) is 0 Å². The minimum absolute atomic E-state index is 0. The van der Waals surface area contributed by atoms with Crippen molar-refractivity contribution in [3.63, 3.8) is 0 Å². The van der Waals surface area contributed by atoms with Gasteiger partial charge in [0.2, 0.25) is 0 Å². The van der Waals surface area contributed by atoms with E-state index in [0.717, 1.165) is 178 Å². The zero-order chi connectivity index (χ0) is 72.4. The number of pyridine rings is 1. The molecule has 0 aromatic carbocycles. The van der Waals surface area contributed by atoms with Gasteiger partial charge >= 0.3 is 0 Å². The van der Waals surface area contributed by atoms with Crippen LogP contribution >= 0.6 is 0 Å². The van der Waals surface area contributed by atoms with Gasteiger partial charge in [-0.2, -0.15) is 15.3 Å². The Bertz CT molecular complexity index is 2720. The molecular weight excluding hydrogens is 1230 g/mol. The van der Waals surface area contributed by atoms with E-state index < -0.39 is 0 Å². The van der Waals surface area contributed by atoms with Gasteiger partial charge in [-0.15, -0.1) is 0 Å². The summed E-state index contributed by atoms with van der Waals surface area (Å²) in [6.07, 6.45) is 27.6. The van der Waals surface area contributed by atoms with Gasteiger partial charge in [-0.25, -0.2) is 0 Å². The minimum atomic E-state index is 0. The number of nitrogens with one attached hydrogen (secondary N) is 5. The number of aromatic nitrogens is 8. The number of fused-ring (bicyclic) bond motifs is 10. The second-order valence-corrected chi connectivity index (χ2v) is 33.2. The standard InChI is InChI=1S/C12H17N3.C11H18N4.2C11H16N4.C11H17N3.5C4H10.C3H9N.B/c13-11-8-10-9(2-1-5-15-10)12(11)3-6-14-7-4-12;1-8-10(12)11(3-6-13-7-4-11)9-2-5-14-15(8)9;12-10-5-8-6-14-15-7-9(8)11(10)1-3-13-4-2-11;12-9-7-8-10(15-6-5-14-8)11(9)1-3-13-4-2-11;12-9-8-14-7-1-2-10(14)11(9)3-5-13-6-4-11;5*1-4(2)3;1-3(2)4;/h1-2,5,11,14H,3-4,6-8,13H2;2,5,8,10,13H,3-4,6-7,12H2,1H3;6-7,10,13H,1-5,12H2;5-6,9,13H,1-4,7,12H2;1-2,7,9,13H,3-6,8,12H2;5*4H,1-3H3;3H,4H2,1-2H3;/t11-;8?,10-;10-;2*9-;;;;;;;/m11111......./s1. The molecule has 5 fully saturated rings. The first-order valence-electron chi connectivity index (χ1n) is 38.3. The lowest BCUT2D eigenvalue weighted by Crippen LogP contribution is -2.50. The van der Waals surface area contributed by atoms with E-state index in [1.807, 2.05) is 44.7 Å². The van der Waals surface area contributed by atoms with E-state index in [2.05, 4.69) is 207 Å². The van der Waals surface area contributed by atoms with Gasteiger partial charge in [-0.05, 0) is 220 Å². The lowest BCUT2D eigenvalue weighted by atomic mass is 9.71. The van der Waals surface area contributed by atoms with E-state index in [-0.39, 0.29) is 59.7 Å². The summed E-state index contributed by atoms with van der Waals surface area (Å²) in [7, 11) is 0. The van der Waals surface area contributed by atoms with E-state index in [4.69, 9.17) is 34.4 Å². The Hall–Kier alpha value is -4.58. The molecule has 557 valence electrons. The van der Waals surface area contributed by atoms with Crippen molar-refractivity contribution >= 4 is 8.41 Å². The Balaban J connectivity index is 0.000000242. The molecule has 19 nitrogen and oxygen atoms in total. The molecular formula is C79H143BN19. The van der Waals surface area contributed by atoms with Crippen LogP contribution in [-0.4, -0.2) is 150 Å². The highest BCUT2D eigenvalue weighted by atomic mass is 15.3. The molecule has 5 aromatic heterocycles. The summed E-state index contributed by atoms with van der Waals surface area (Å²) >= 11 is 0.